The molecule has 0 bridgehead atoms. The number of carbonyl (C=O) groups is 3. The Balaban J connectivity index is 2.41. The Morgan fingerprint density at radius 1 is 1.08 bits per heavy atom. The lowest BCUT2D eigenvalue weighted by Gasteiger charge is -2.29. The quantitative estimate of drug-likeness (QED) is 0.745. The van der Waals surface area contributed by atoms with Crippen molar-refractivity contribution in [2.75, 3.05) is 7.05 Å². The van der Waals surface area contributed by atoms with Gasteiger partial charge in [-0.1, -0.05) is 51.1 Å². The molecule has 2 amide bonds. The molecular weight excluding hydrogens is 308 g/mol. The Bertz CT molecular complexity index is 564. The van der Waals surface area contributed by atoms with Crippen molar-refractivity contribution in [3.8, 4) is 0 Å². The van der Waals surface area contributed by atoms with Crippen LogP contribution in [0.1, 0.15) is 39.2 Å². The van der Waals surface area contributed by atoms with Gasteiger partial charge in [-0.25, -0.2) is 0 Å². The Labute approximate surface area is 143 Å². The van der Waals surface area contributed by atoms with Crippen LogP contribution in [0.3, 0.4) is 0 Å². The van der Waals surface area contributed by atoms with Crippen LogP contribution in [-0.4, -0.2) is 30.9 Å². The summed E-state index contributed by atoms with van der Waals surface area (Å²) in [6.07, 6.45) is -0.0412. The average Bonchev–Trinajstić information content (AvgIpc) is 2.55. The molecule has 132 valence electrons. The van der Waals surface area contributed by atoms with Crippen molar-refractivity contribution in [2.45, 2.75) is 46.3 Å². The van der Waals surface area contributed by atoms with Crippen LogP contribution >= 0.6 is 0 Å². The average molecular weight is 334 g/mol. The number of carbonyl (C=O) groups excluding carboxylic acids is 3. The van der Waals surface area contributed by atoms with Crippen molar-refractivity contribution in [3.05, 3.63) is 35.9 Å². The number of nitrogens with one attached hydrogen (secondary N) is 2. The van der Waals surface area contributed by atoms with Crippen LogP contribution in [0.25, 0.3) is 0 Å². The second-order valence-corrected chi connectivity index (χ2v) is 6.63. The van der Waals surface area contributed by atoms with Gasteiger partial charge < -0.3 is 15.4 Å². The predicted molar refractivity (Wildman–Crippen MR) is 90.9 cm³/mol. The van der Waals surface area contributed by atoms with Gasteiger partial charge in [0.05, 0.1) is 6.42 Å². The molecule has 1 rings (SSSR count). The molecular formula is C18H26N2O4. The lowest BCUT2D eigenvalue weighted by molar-refractivity contribution is -0.146. The number of ether oxygens (including phenoxy) is 1. The van der Waals surface area contributed by atoms with Gasteiger partial charge >= 0.3 is 5.97 Å². The molecule has 0 aliphatic carbocycles. The van der Waals surface area contributed by atoms with Gasteiger partial charge in [0.1, 0.15) is 12.6 Å². The summed E-state index contributed by atoms with van der Waals surface area (Å²) in [7, 11) is 1.52. The molecule has 24 heavy (non-hydrogen) atoms. The second kappa shape index (κ2) is 9.05. The van der Waals surface area contributed by atoms with E-state index in [1.165, 1.54) is 7.05 Å². The molecule has 0 aromatic heterocycles. The van der Waals surface area contributed by atoms with Gasteiger partial charge in [-0.05, 0) is 11.0 Å². The fourth-order valence-electron chi connectivity index (χ4n) is 2.08. The highest BCUT2D eigenvalue weighted by molar-refractivity contribution is 5.89. The van der Waals surface area contributed by atoms with Crippen molar-refractivity contribution in [2.24, 2.45) is 5.41 Å². The fraction of sp³-hybridized carbons (Fsp3) is 0.500. The highest BCUT2D eigenvalue weighted by atomic mass is 16.5. The first-order chi connectivity index (χ1) is 11.2. The van der Waals surface area contributed by atoms with E-state index < -0.39 is 17.4 Å². The van der Waals surface area contributed by atoms with Gasteiger partial charge in [-0.2, -0.15) is 0 Å². The highest BCUT2D eigenvalue weighted by Crippen LogP contribution is 2.19. The summed E-state index contributed by atoms with van der Waals surface area (Å²) in [4.78, 5) is 35.6. The molecule has 0 saturated carbocycles. The summed E-state index contributed by atoms with van der Waals surface area (Å²) in [5, 5.41) is 5.21. The summed E-state index contributed by atoms with van der Waals surface area (Å²) < 4.78 is 5.12. The molecule has 1 atom stereocenters. The first kappa shape index (κ1) is 19.7. The Hall–Kier alpha value is -2.37. The molecule has 0 unspecified atom stereocenters. The third-order valence-corrected chi connectivity index (χ3v) is 3.48. The minimum atomic E-state index is -0.657. The minimum Gasteiger partial charge on any atom is -0.461 e. The zero-order chi connectivity index (χ0) is 18.2. The molecule has 0 saturated heterocycles. The Morgan fingerprint density at radius 3 is 2.25 bits per heavy atom. The maximum absolute atomic E-state index is 12.0. The van der Waals surface area contributed by atoms with Crippen molar-refractivity contribution < 1.29 is 19.1 Å². The van der Waals surface area contributed by atoms with Crippen molar-refractivity contribution in [1.29, 1.82) is 0 Å². The second-order valence-electron chi connectivity index (χ2n) is 6.63. The number of likely N-dealkylation sites (N-methyl/N-ethyl adjacent to an activating group) is 1. The van der Waals surface area contributed by atoms with Gasteiger partial charge in [0.25, 0.3) is 0 Å². The van der Waals surface area contributed by atoms with E-state index in [0.29, 0.717) is 0 Å². The monoisotopic (exact) mass is 334 g/mol. The van der Waals surface area contributed by atoms with E-state index in [1.54, 1.807) is 0 Å². The van der Waals surface area contributed by atoms with E-state index in [-0.39, 0.29) is 31.3 Å². The van der Waals surface area contributed by atoms with Crippen molar-refractivity contribution in [1.82, 2.24) is 10.6 Å². The van der Waals surface area contributed by atoms with Crippen LogP contribution in [0.5, 0.6) is 0 Å². The number of rotatable bonds is 7. The van der Waals surface area contributed by atoms with Crippen LogP contribution in [-0.2, 0) is 25.7 Å². The topological polar surface area (TPSA) is 84.5 Å². The number of esters is 1. The van der Waals surface area contributed by atoms with Gasteiger partial charge in [0.15, 0.2) is 0 Å². The molecule has 0 radical (unpaired) electrons. The summed E-state index contributed by atoms with van der Waals surface area (Å²) in [5.41, 5.74) is 0.464. The normalized spacial score (nSPS) is 12.2. The third kappa shape index (κ3) is 6.81. The van der Waals surface area contributed by atoms with E-state index in [0.717, 1.165) is 5.56 Å². The van der Waals surface area contributed by atoms with E-state index in [9.17, 15) is 14.4 Å². The minimum absolute atomic E-state index is 0.0167. The molecule has 0 aliphatic rings. The summed E-state index contributed by atoms with van der Waals surface area (Å²) in [6, 6.07) is 8.67. The summed E-state index contributed by atoms with van der Waals surface area (Å²) >= 11 is 0. The Morgan fingerprint density at radius 2 is 1.71 bits per heavy atom. The molecule has 1 aromatic carbocycles. The summed E-state index contributed by atoms with van der Waals surface area (Å²) in [6.45, 7) is 5.77. The number of hydrogen-bond donors (Lipinski definition) is 2. The largest absolute Gasteiger partial charge is 0.461 e. The van der Waals surface area contributed by atoms with Crippen molar-refractivity contribution >= 4 is 17.8 Å². The van der Waals surface area contributed by atoms with Gasteiger partial charge in [-0.3, -0.25) is 14.4 Å². The number of amides is 2. The molecule has 0 heterocycles. The lowest BCUT2D eigenvalue weighted by Crippen LogP contribution is -2.52. The maximum atomic E-state index is 12.0. The van der Waals surface area contributed by atoms with Crippen LogP contribution in [0.4, 0.5) is 0 Å². The molecule has 6 heteroatoms. The zero-order valence-corrected chi connectivity index (χ0v) is 14.7. The molecule has 6 nitrogen and oxygen atoms in total. The zero-order valence-electron chi connectivity index (χ0n) is 14.7. The third-order valence-electron chi connectivity index (χ3n) is 3.48. The maximum Gasteiger partial charge on any atom is 0.306 e. The standard InChI is InChI=1S/C18H26N2O4/c1-18(2,3)16(17(23)19-4)20-14(21)10-11-15(22)24-12-13-8-6-5-7-9-13/h5-9,16H,10-12H2,1-4H3,(H,19,23)(H,20,21)/t16-/m1/s1. The summed E-state index contributed by atoms with van der Waals surface area (Å²) in [5.74, 6) is -1.06. The van der Waals surface area contributed by atoms with Crippen LogP contribution < -0.4 is 10.6 Å². The smallest absolute Gasteiger partial charge is 0.306 e. The molecule has 0 fully saturated rings. The molecule has 2 N–H and O–H groups in total. The highest BCUT2D eigenvalue weighted by Gasteiger charge is 2.32. The van der Waals surface area contributed by atoms with E-state index in [4.69, 9.17) is 4.74 Å². The fourth-order valence-corrected chi connectivity index (χ4v) is 2.08. The van der Waals surface area contributed by atoms with Crippen LogP contribution in [0.2, 0.25) is 0 Å². The molecule has 0 aliphatic heterocycles. The Kier molecular flexibility index (Phi) is 7.42. The number of hydrogen-bond acceptors (Lipinski definition) is 4. The van der Waals surface area contributed by atoms with Crippen molar-refractivity contribution in [3.63, 3.8) is 0 Å². The SMILES string of the molecule is CNC(=O)[C@@H](NC(=O)CCC(=O)OCc1ccccc1)C(C)(C)C. The van der Waals surface area contributed by atoms with Crippen LogP contribution in [0, 0.1) is 5.41 Å². The van der Waals surface area contributed by atoms with E-state index in [1.807, 2.05) is 51.1 Å². The number of benzene rings is 1. The molecule has 1 aromatic rings. The van der Waals surface area contributed by atoms with Gasteiger partial charge in [-0.15, -0.1) is 0 Å². The first-order valence-corrected chi connectivity index (χ1v) is 7.94. The van der Waals surface area contributed by atoms with Gasteiger partial charge in [0, 0.05) is 13.5 Å². The lowest BCUT2D eigenvalue weighted by atomic mass is 9.86. The van der Waals surface area contributed by atoms with Crippen LogP contribution in [0.15, 0.2) is 30.3 Å². The van der Waals surface area contributed by atoms with E-state index >= 15 is 0 Å². The van der Waals surface area contributed by atoms with E-state index in [2.05, 4.69) is 10.6 Å². The predicted octanol–water partition coefficient (Wildman–Crippen LogP) is 1.79. The van der Waals surface area contributed by atoms with Gasteiger partial charge in [0.2, 0.25) is 11.8 Å². The first-order valence-electron chi connectivity index (χ1n) is 7.94. The molecule has 0 spiro atoms.